The fraction of sp³-hybridized carbons (Fsp3) is 0.278. The van der Waals surface area contributed by atoms with Crippen molar-refractivity contribution in [3.8, 4) is 11.1 Å². The van der Waals surface area contributed by atoms with Crippen LogP contribution in [0.25, 0.3) is 16.6 Å². The van der Waals surface area contributed by atoms with E-state index in [-0.39, 0.29) is 17.6 Å². The van der Waals surface area contributed by atoms with Crippen LogP contribution in [0.1, 0.15) is 19.0 Å². The van der Waals surface area contributed by atoms with Gasteiger partial charge in [0.05, 0.1) is 11.7 Å². The average Bonchev–Trinajstić information content (AvgIpc) is 3.15. The molecule has 1 fully saturated rings. The average molecular weight is 324 g/mol. The van der Waals surface area contributed by atoms with Gasteiger partial charge in [-0.1, -0.05) is 6.92 Å². The Labute approximate surface area is 138 Å². The minimum atomic E-state index is -0.360. The number of carbonyl (C=O) groups is 1. The van der Waals surface area contributed by atoms with Gasteiger partial charge >= 0.3 is 0 Å². The number of hydrogen-bond donors (Lipinski definition) is 1. The molecule has 0 spiro atoms. The number of halogens is 1. The van der Waals surface area contributed by atoms with E-state index in [1.807, 2.05) is 13.0 Å². The second kappa shape index (κ2) is 5.40. The van der Waals surface area contributed by atoms with Crippen molar-refractivity contribution >= 4 is 17.2 Å². The number of nitrogens with one attached hydrogen (secondary N) is 1. The van der Waals surface area contributed by atoms with Crippen LogP contribution in [0.3, 0.4) is 0 Å². The van der Waals surface area contributed by atoms with Crippen LogP contribution in [0.2, 0.25) is 0 Å². The monoisotopic (exact) mass is 324 g/mol. The van der Waals surface area contributed by atoms with E-state index in [9.17, 15) is 9.18 Å². The lowest BCUT2D eigenvalue weighted by Gasteiger charge is -2.04. The van der Waals surface area contributed by atoms with Crippen molar-refractivity contribution in [3.05, 3.63) is 48.2 Å². The van der Waals surface area contributed by atoms with Gasteiger partial charge in [0.15, 0.2) is 5.82 Å². The smallest absolute Gasteiger partial charge is 0.228 e. The molecule has 1 saturated carbocycles. The van der Waals surface area contributed by atoms with E-state index in [4.69, 9.17) is 0 Å². The van der Waals surface area contributed by atoms with Crippen LogP contribution in [-0.2, 0) is 4.79 Å². The molecule has 0 bridgehead atoms. The van der Waals surface area contributed by atoms with Crippen molar-refractivity contribution in [1.82, 2.24) is 14.6 Å². The third-order valence-electron chi connectivity index (χ3n) is 4.46. The zero-order chi connectivity index (χ0) is 16.8. The zero-order valence-electron chi connectivity index (χ0n) is 13.5. The van der Waals surface area contributed by atoms with E-state index in [0.29, 0.717) is 17.3 Å². The Bertz CT molecular complexity index is 949. The van der Waals surface area contributed by atoms with Crippen LogP contribution < -0.4 is 5.32 Å². The number of rotatable bonds is 3. The summed E-state index contributed by atoms with van der Waals surface area (Å²) in [5.41, 5.74) is 2.80. The second-order valence-corrected chi connectivity index (χ2v) is 6.43. The summed E-state index contributed by atoms with van der Waals surface area (Å²) in [5, 5.41) is 7.19. The Morgan fingerprint density at radius 3 is 2.92 bits per heavy atom. The molecule has 1 aliphatic carbocycles. The van der Waals surface area contributed by atoms with Crippen LogP contribution in [0, 0.1) is 24.6 Å². The molecule has 3 heterocycles. The number of carbonyl (C=O) groups excluding carboxylic acids is 1. The highest BCUT2D eigenvalue weighted by molar-refractivity contribution is 5.94. The molecule has 4 rings (SSSR count). The molecular formula is C18H17FN4O. The Morgan fingerprint density at radius 2 is 2.17 bits per heavy atom. The van der Waals surface area contributed by atoms with E-state index in [2.05, 4.69) is 22.3 Å². The first-order chi connectivity index (χ1) is 11.5. The van der Waals surface area contributed by atoms with E-state index >= 15 is 0 Å². The molecule has 24 heavy (non-hydrogen) atoms. The molecule has 3 aromatic rings. The Kier molecular flexibility index (Phi) is 3.33. The second-order valence-electron chi connectivity index (χ2n) is 6.43. The summed E-state index contributed by atoms with van der Waals surface area (Å²) in [4.78, 5) is 16.0. The summed E-state index contributed by atoms with van der Waals surface area (Å²) < 4.78 is 15.7. The summed E-state index contributed by atoms with van der Waals surface area (Å²) in [6, 6.07) is 7.15. The number of aromatic nitrogens is 3. The summed E-state index contributed by atoms with van der Waals surface area (Å²) in [6.45, 7) is 3.89. The van der Waals surface area contributed by atoms with Crippen molar-refractivity contribution in [2.45, 2.75) is 20.3 Å². The van der Waals surface area contributed by atoms with Crippen LogP contribution in [0.4, 0.5) is 10.2 Å². The maximum absolute atomic E-state index is 14.0. The molecule has 1 amide bonds. The fourth-order valence-electron chi connectivity index (χ4n) is 2.89. The SMILES string of the molecule is Cc1cc(-c2ccn3nc(NC(=O)[C@@H]4C[C@H]4C)cc3c2)c(F)cn1. The van der Waals surface area contributed by atoms with Gasteiger partial charge in [-0.3, -0.25) is 9.78 Å². The van der Waals surface area contributed by atoms with E-state index < -0.39 is 0 Å². The Balaban J connectivity index is 1.66. The van der Waals surface area contributed by atoms with Crippen molar-refractivity contribution in [3.63, 3.8) is 0 Å². The maximum Gasteiger partial charge on any atom is 0.228 e. The number of fused-ring (bicyclic) bond motifs is 1. The predicted molar refractivity (Wildman–Crippen MR) is 89.0 cm³/mol. The highest BCUT2D eigenvalue weighted by Crippen LogP contribution is 2.38. The quantitative estimate of drug-likeness (QED) is 0.803. The van der Waals surface area contributed by atoms with Gasteiger partial charge in [-0.05, 0) is 43.0 Å². The zero-order valence-corrected chi connectivity index (χ0v) is 13.5. The topological polar surface area (TPSA) is 59.3 Å². The molecule has 5 nitrogen and oxygen atoms in total. The lowest BCUT2D eigenvalue weighted by molar-refractivity contribution is -0.117. The first-order valence-corrected chi connectivity index (χ1v) is 7.94. The van der Waals surface area contributed by atoms with Crippen LogP contribution in [0.15, 0.2) is 36.7 Å². The van der Waals surface area contributed by atoms with Gasteiger partial charge in [0, 0.05) is 29.4 Å². The van der Waals surface area contributed by atoms with Crippen molar-refractivity contribution in [2.75, 3.05) is 5.32 Å². The number of hydrogen-bond acceptors (Lipinski definition) is 3. The molecule has 0 saturated heterocycles. The first kappa shape index (κ1) is 14.8. The minimum Gasteiger partial charge on any atom is -0.309 e. The molecule has 6 heteroatoms. The van der Waals surface area contributed by atoms with Gasteiger partial charge in [0.25, 0.3) is 0 Å². The minimum absolute atomic E-state index is 0.0157. The van der Waals surface area contributed by atoms with Crippen LogP contribution >= 0.6 is 0 Å². The van der Waals surface area contributed by atoms with Crippen LogP contribution in [0.5, 0.6) is 0 Å². The maximum atomic E-state index is 14.0. The Hall–Kier alpha value is -2.76. The predicted octanol–water partition coefficient (Wildman–Crippen LogP) is 3.44. The standard InChI is InChI=1S/C18H17FN4O/c1-10-5-14(10)18(24)21-17-8-13-7-12(3-4-23(13)22-17)15-6-11(2)20-9-16(15)19/h3-4,6-10,14H,5H2,1-2H3,(H,21,22,24)/t10-,14-/m1/s1. The van der Waals surface area contributed by atoms with E-state index in [1.165, 1.54) is 6.20 Å². The lowest BCUT2D eigenvalue weighted by atomic mass is 10.1. The number of aryl methyl sites for hydroxylation is 1. The molecule has 0 aromatic carbocycles. The van der Waals surface area contributed by atoms with Gasteiger partial charge in [0.2, 0.25) is 5.91 Å². The van der Waals surface area contributed by atoms with Gasteiger partial charge < -0.3 is 5.32 Å². The first-order valence-electron chi connectivity index (χ1n) is 7.94. The summed E-state index contributed by atoms with van der Waals surface area (Å²) >= 11 is 0. The summed E-state index contributed by atoms with van der Waals surface area (Å²) in [6.07, 6.45) is 3.92. The molecule has 1 aliphatic rings. The van der Waals surface area contributed by atoms with Crippen molar-refractivity contribution in [2.24, 2.45) is 11.8 Å². The number of anilines is 1. The van der Waals surface area contributed by atoms with Gasteiger partial charge in [0.1, 0.15) is 5.82 Å². The lowest BCUT2D eigenvalue weighted by Crippen LogP contribution is -2.14. The van der Waals surface area contributed by atoms with Gasteiger partial charge in [-0.2, -0.15) is 5.10 Å². The molecule has 1 N–H and O–H groups in total. The largest absolute Gasteiger partial charge is 0.309 e. The molecule has 0 aliphatic heterocycles. The van der Waals surface area contributed by atoms with Crippen LogP contribution in [-0.4, -0.2) is 20.5 Å². The van der Waals surface area contributed by atoms with Crippen molar-refractivity contribution in [1.29, 1.82) is 0 Å². The number of nitrogens with zero attached hydrogens (tertiary/aromatic N) is 3. The normalized spacial score (nSPS) is 19.5. The number of pyridine rings is 2. The van der Waals surface area contributed by atoms with E-state index in [1.54, 1.807) is 28.9 Å². The van der Waals surface area contributed by atoms with Crippen molar-refractivity contribution < 1.29 is 9.18 Å². The summed E-state index contributed by atoms with van der Waals surface area (Å²) in [7, 11) is 0. The molecule has 0 unspecified atom stereocenters. The molecule has 2 atom stereocenters. The summed E-state index contributed by atoms with van der Waals surface area (Å²) in [5.74, 6) is 0.719. The van der Waals surface area contributed by atoms with Gasteiger partial charge in [-0.25, -0.2) is 8.91 Å². The third kappa shape index (κ3) is 2.64. The molecule has 122 valence electrons. The fourth-order valence-corrected chi connectivity index (χ4v) is 2.89. The highest BCUT2D eigenvalue weighted by Gasteiger charge is 2.39. The molecule has 3 aromatic heterocycles. The molecule has 0 radical (unpaired) electrons. The third-order valence-corrected chi connectivity index (χ3v) is 4.46. The van der Waals surface area contributed by atoms with Gasteiger partial charge in [-0.15, -0.1) is 0 Å². The molecular weight excluding hydrogens is 307 g/mol. The van der Waals surface area contributed by atoms with E-state index in [0.717, 1.165) is 23.2 Å². The Morgan fingerprint density at radius 1 is 1.38 bits per heavy atom. The number of amides is 1. The highest BCUT2D eigenvalue weighted by atomic mass is 19.1.